The van der Waals surface area contributed by atoms with Crippen LogP contribution in [0.3, 0.4) is 0 Å². The Bertz CT molecular complexity index is 842. The van der Waals surface area contributed by atoms with Gasteiger partial charge in [-0.15, -0.1) is 11.3 Å². The van der Waals surface area contributed by atoms with Gasteiger partial charge < -0.3 is 15.4 Å². The molecule has 0 saturated carbocycles. The van der Waals surface area contributed by atoms with Gasteiger partial charge in [-0.25, -0.2) is 4.79 Å². The molecule has 1 aromatic heterocycles. The van der Waals surface area contributed by atoms with Gasteiger partial charge in [-0.05, 0) is 43.5 Å². The maximum atomic E-state index is 12.4. The van der Waals surface area contributed by atoms with Crippen LogP contribution in [0.2, 0.25) is 0 Å². The van der Waals surface area contributed by atoms with E-state index in [-0.39, 0.29) is 5.91 Å². The SMILES string of the molecule is CCc1cccc(NC(=O)COC(=O)c2c(NC(C)=O)sc(C)c2C)c1. The largest absolute Gasteiger partial charge is 0.452 e. The van der Waals surface area contributed by atoms with Crippen LogP contribution < -0.4 is 10.6 Å². The van der Waals surface area contributed by atoms with Crippen molar-refractivity contribution >= 4 is 39.8 Å². The Morgan fingerprint density at radius 3 is 2.54 bits per heavy atom. The first-order valence-corrected chi connectivity index (χ1v) is 9.07. The summed E-state index contributed by atoms with van der Waals surface area (Å²) < 4.78 is 5.14. The molecule has 7 heteroatoms. The summed E-state index contributed by atoms with van der Waals surface area (Å²) >= 11 is 1.31. The van der Waals surface area contributed by atoms with E-state index < -0.39 is 18.5 Å². The van der Waals surface area contributed by atoms with Crippen LogP contribution in [0, 0.1) is 13.8 Å². The fourth-order valence-electron chi connectivity index (χ4n) is 2.39. The van der Waals surface area contributed by atoms with Crippen molar-refractivity contribution in [3.8, 4) is 0 Å². The predicted molar refractivity (Wildman–Crippen MR) is 103 cm³/mol. The number of carbonyl (C=O) groups is 3. The maximum Gasteiger partial charge on any atom is 0.341 e. The Balaban J connectivity index is 2.02. The molecular formula is C19H22N2O4S. The Kier molecular flexibility index (Phi) is 6.52. The van der Waals surface area contributed by atoms with E-state index in [2.05, 4.69) is 10.6 Å². The van der Waals surface area contributed by atoms with Crippen molar-refractivity contribution in [1.82, 2.24) is 0 Å². The Morgan fingerprint density at radius 2 is 1.88 bits per heavy atom. The summed E-state index contributed by atoms with van der Waals surface area (Å²) in [5.74, 6) is -1.32. The third-order valence-corrected chi connectivity index (χ3v) is 4.96. The number of thiophene rings is 1. The molecule has 1 aromatic carbocycles. The lowest BCUT2D eigenvalue weighted by molar-refractivity contribution is -0.119. The molecule has 0 bridgehead atoms. The van der Waals surface area contributed by atoms with Crippen molar-refractivity contribution in [2.75, 3.05) is 17.2 Å². The van der Waals surface area contributed by atoms with Gasteiger partial charge in [0.25, 0.3) is 5.91 Å². The van der Waals surface area contributed by atoms with Crippen LogP contribution in [-0.4, -0.2) is 24.4 Å². The number of hydrogen-bond acceptors (Lipinski definition) is 5. The number of anilines is 2. The molecule has 1 heterocycles. The molecule has 0 spiro atoms. The smallest absolute Gasteiger partial charge is 0.341 e. The molecule has 0 radical (unpaired) electrons. The lowest BCUT2D eigenvalue weighted by Crippen LogP contribution is -2.21. The van der Waals surface area contributed by atoms with Gasteiger partial charge >= 0.3 is 5.97 Å². The van der Waals surface area contributed by atoms with Crippen molar-refractivity contribution in [2.45, 2.75) is 34.1 Å². The summed E-state index contributed by atoms with van der Waals surface area (Å²) in [5, 5.41) is 5.78. The normalized spacial score (nSPS) is 10.3. The zero-order valence-electron chi connectivity index (χ0n) is 15.3. The summed E-state index contributed by atoms with van der Waals surface area (Å²) in [4.78, 5) is 36.7. The summed E-state index contributed by atoms with van der Waals surface area (Å²) in [6, 6.07) is 7.49. The topological polar surface area (TPSA) is 84.5 Å². The number of amides is 2. The zero-order valence-corrected chi connectivity index (χ0v) is 16.1. The minimum Gasteiger partial charge on any atom is -0.452 e. The first kappa shape index (κ1) is 19.7. The molecule has 0 saturated heterocycles. The van der Waals surface area contributed by atoms with E-state index in [1.54, 1.807) is 13.0 Å². The fraction of sp³-hybridized carbons (Fsp3) is 0.316. The van der Waals surface area contributed by atoms with Crippen LogP contribution >= 0.6 is 11.3 Å². The van der Waals surface area contributed by atoms with E-state index in [0.717, 1.165) is 22.4 Å². The molecule has 2 rings (SSSR count). The van der Waals surface area contributed by atoms with Gasteiger partial charge in [0.2, 0.25) is 5.91 Å². The van der Waals surface area contributed by atoms with E-state index in [4.69, 9.17) is 4.74 Å². The summed E-state index contributed by atoms with van der Waals surface area (Å²) in [7, 11) is 0. The van der Waals surface area contributed by atoms with Crippen molar-refractivity contribution in [1.29, 1.82) is 0 Å². The van der Waals surface area contributed by atoms with Gasteiger partial charge in [-0.2, -0.15) is 0 Å². The van der Waals surface area contributed by atoms with Crippen LogP contribution in [0.4, 0.5) is 10.7 Å². The lowest BCUT2D eigenvalue weighted by atomic mass is 10.1. The van der Waals surface area contributed by atoms with Crippen molar-refractivity contribution in [3.63, 3.8) is 0 Å². The van der Waals surface area contributed by atoms with E-state index in [9.17, 15) is 14.4 Å². The highest BCUT2D eigenvalue weighted by Gasteiger charge is 2.22. The highest BCUT2D eigenvalue weighted by Crippen LogP contribution is 2.32. The van der Waals surface area contributed by atoms with Gasteiger partial charge in [-0.1, -0.05) is 19.1 Å². The Morgan fingerprint density at radius 1 is 1.15 bits per heavy atom. The van der Waals surface area contributed by atoms with Crippen LogP contribution in [0.5, 0.6) is 0 Å². The Labute approximate surface area is 156 Å². The third-order valence-electron chi connectivity index (χ3n) is 3.83. The predicted octanol–water partition coefficient (Wildman–Crippen LogP) is 3.68. The van der Waals surface area contributed by atoms with E-state index >= 15 is 0 Å². The second-order valence-corrected chi connectivity index (χ2v) is 7.07. The highest BCUT2D eigenvalue weighted by molar-refractivity contribution is 7.16. The average molecular weight is 374 g/mol. The number of aryl methyl sites for hydroxylation is 2. The lowest BCUT2D eigenvalue weighted by Gasteiger charge is -2.09. The second kappa shape index (κ2) is 8.62. The minimum absolute atomic E-state index is 0.270. The van der Waals surface area contributed by atoms with Gasteiger partial charge in [0, 0.05) is 17.5 Å². The van der Waals surface area contributed by atoms with Gasteiger partial charge in [0.1, 0.15) is 5.00 Å². The first-order chi connectivity index (χ1) is 12.3. The summed E-state index contributed by atoms with van der Waals surface area (Å²) in [6.07, 6.45) is 0.863. The number of esters is 1. The number of ether oxygens (including phenoxy) is 1. The van der Waals surface area contributed by atoms with Gasteiger partial charge in [0.05, 0.1) is 5.56 Å². The number of nitrogens with one attached hydrogen (secondary N) is 2. The number of carbonyl (C=O) groups excluding carboxylic acids is 3. The molecule has 0 unspecified atom stereocenters. The summed E-state index contributed by atoms with van der Waals surface area (Å²) in [6.45, 7) is 6.64. The van der Waals surface area contributed by atoms with Crippen LogP contribution in [-0.2, 0) is 20.7 Å². The maximum absolute atomic E-state index is 12.4. The second-order valence-electron chi connectivity index (χ2n) is 5.85. The zero-order chi connectivity index (χ0) is 19.3. The third kappa shape index (κ3) is 4.92. The molecule has 6 nitrogen and oxygen atoms in total. The number of hydrogen-bond donors (Lipinski definition) is 2. The molecule has 2 amide bonds. The quantitative estimate of drug-likeness (QED) is 0.756. The van der Waals surface area contributed by atoms with Gasteiger partial charge in [0.15, 0.2) is 6.61 Å². The van der Waals surface area contributed by atoms with E-state index in [1.165, 1.54) is 18.3 Å². The fourth-order valence-corrected chi connectivity index (χ4v) is 3.48. The summed E-state index contributed by atoms with van der Waals surface area (Å²) in [5.41, 5.74) is 2.79. The van der Waals surface area contributed by atoms with E-state index in [0.29, 0.717) is 16.3 Å². The molecule has 2 aromatic rings. The van der Waals surface area contributed by atoms with Crippen LogP contribution in [0.15, 0.2) is 24.3 Å². The molecule has 0 aliphatic carbocycles. The first-order valence-electron chi connectivity index (χ1n) is 8.25. The van der Waals surface area contributed by atoms with Gasteiger partial charge in [-0.3, -0.25) is 9.59 Å². The molecule has 138 valence electrons. The molecule has 0 fully saturated rings. The average Bonchev–Trinajstić information content (AvgIpc) is 2.86. The highest BCUT2D eigenvalue weighted by atomic mass is 32.1. The van der Waals surface area contributed by atoms with Crippen LogP contribution in [0.1, 0.15) is 40.2 Å². The number of rotatable bonds is 6. The standard InChI is InChI=1S/C19H22N2O4S/c1-5-14-7-6-8-15(9-14)21-16(23)10-25-19(24)17-11(2)12(3)26-18(17)20-13(4)22/h6-9H,5,10H2,1-4H3,(H,20,22)(H,21,23). The molecule has 2 N–H and O–H groups in total. The Hall–Kier alpha value is -2.67. The van der Waals surface area contributed by atoms with Crippen molar-refractivity contribution in [3.05, 3.63) is 45.8 Å². The van der Waals surface area contributed by atoms with E-state index in [1.807, 2.05) is 32.0 Å². The molecule has 0 atom stereocenters. The van der Waals surface area contributed by atoms with Crippen molar-refractivity contribution in [2.24, 2.45) is 0 Å². The monoisotopic (exact) mass is 374 g/mol. The molecule has 26 heavy (non-hydrogen) atoms. The van der Waals surface area contributed by atoms with Crippen molar-refractivity contribution < 1.29 is 19.1 Å². The minimum atomic E-state index is -0.631. The van der Waals surface area contributed by atoms with Crippen LogP contribution in [0.25, 0.3) is 0 Å². The molecular weight excluding hydrogens is 352 g/mol. The molecule has 0 aliphatic heterocycles. The molecule has 0 aliphatic rings. The number of benzene rings is 1.